The molecule has 0 fully saturated rings. The SMILES string of the molecule is CCCCCCCCCC(=O)CC(=O)c1cccc(CC)c1. The lowest BCUT2D eigenvalue weighted by molar-refractivity contribution is -0.118. The highest BCUT2D eigenvalue weighted by Crippen LogP contribution is 2.12. The molecule has 0 saturated heterocycles. The van der Waals surface area contributed by atoms with Crippen molar-refractivity contribution in [2.24, 2.45) is 0 Å². The quantitative estimate of drug-likeness (QED) is 0.289. The molecule has 122 valence electrons. The molecule has 0 aromatic heterocycles. The monoisotopic (exact) mass is 302 g/mol. The first kappa shape index (κ1) is 18.6. The van der Waals surface area contributed by atoms with E-state index in [2.05, 4.69) is 13.8 Å². The molecule has 1 aromatic rings. The van der Waals surface area contributed by atoms with E-state index in [9.17, 15) is 9.59 Å². The summed E-state index contributed by atoms with van der Waals surface area (Å²) in [6, 6.07) is 7.62. The van der Waals surface area contributed by atoms with E-state index in [-0.39, 0.29) is 18.0 Å². The van der Waals surface area contributed by atoms with E-state index < -0.39 is 0 Å². The highest BCUT2D eigenvalue weighted by Gasteiger charge is 2.11. The third-order valence-corrected chi connectivity index (χ3v) is 4.07. The van der Waals surface area contributed by atoms with Crippen LogP contribution in [-0.4, -0.2) is 11.6 Å². The number of hydrogen-bond donors (Lipinski definition) is 0. The minimum Gasteiger partial charge on any atom is -0.299 e. The van der Waals surface area contributed by atoms with Gasteiger partial charge < -0.3 is 0 Å². The molecular formula is C20H30O2. The molecule has 2 nitrogen and oxygen atoms in total. The van der Waals surface area contributed by atoms with Crippen LogP contribution in [0.5, 0.6) is 0 Å². The number of Topliss-reactive ketones (excluding diaryl/α,β-unsaturated/α-hetero) is 2. The Kier molecular flexibility index (Phi) is 9.45. The smallest absolute Gasteiger partial charge is 0.170 e. The Balaban J connectivity index is 2.22. The summed E-state index contributed by atoms with van der Waals surface area (Å²) in [6.45, 7) is 4.28. The van der Waals surface area contributed by atoms with Crippen molar-refractivity contribution in [3.8, 4) is 0 Å². The minimum atomic E-state index is -0.0387. The molecule has 1 aromatic carbocycles. The molecule has 0 N–H and O–H groups in total. The van der Waals surface area contributed by atoms with Crippen LogP contribution in [0.15, 0.2) is 24.3 Å². The van der Waals surface area contributed by atoms with Gasteiger partial charge in [-0.05, 0) is 24.5 Å². The second-order valence-electron chi connectivity index (χ2n) is 6.06. The molecule has 0 spiro atoms. The van der Waals surface area contributed by atoms with Gasteiger partial charge in [-0.15, -0.1) is 0 Å². The normalized spacial score (nSPS) is 10.6. The molecule has 0 radical (unpaired) electrons. The van der Waals surface area contributed by atoms with Gasteiger partial charge in [0.25, 0.3) is 0 Å². The Labute approximate surface area is 135 Å². The van der Waals surface area contributed by atoms with E-state index in [1.54, 1.807) is 0 Å². The van der Waals surface area contributed by atoms with Crippen LogP contribution < -0.4 is 0 Å². The van der Waals surface area contributed by atoms with Crippen LogP contribution >= 0.6 is 0 Å². The van der Waals surface area contributed by atoms with E-state index in [1.807, 2.05) is 24.3 Å². The zero-order chi connectivity index (χ0) is 16.2. The van der Waals surface area contributed by atoms with E-state index >= 15 is 0 Å². The first-order chi connectivity index (χ1) is 10.7. The Morgan fingerprint density at radius 1 is 0.909 bits per heavy atom. The molecule has 0 atom stereocenters. The first-order valence-corrected chi connectivity index (χ1v) is 8.81. The highest BCUT2D eigenvalue weighted by atomic mass is 16.1. The van der Waals surface area contributed by atoms with Crippen molar-refractivity contribution in [3.05, 3.63) is 35.4 Å². The summed E-state index contributed by atoms with van der Waals surface area (Å²) in [5, 5.41) is 0. The Morgan fingerprint density at radius 3 is 2.27 bits per heavy atom. The molecule has 2 heteroatoms. The average Bonchev–Trinajstić information content (AvgIpc) is 2.54. The zero-order valence-electron chi connectivity index (χ0n) is 14.2. The Hall–Kier alpha value is -1.44. The molecule has 22 heavy (non-hydrogen) atoms. The summed E-state index contributed by atoms with van der Waals surface area (Å²) in [6.07, 6.45) is 9.90. The van der Waals surface area contributed by atoms with Gasteiger partial charge in [-0.25, -0.2) is 0 Å². The van der Waals surface area contributed by atoms with Gasteiger partial charge in [0.05, 0.1) is 6.42 Å². The number of benzene rings is 1. The summed E-state index contributed by atoms with van der Waals surface area (Å²) < 4.78 is 0. The van der Waals surface area contributed by atoms with E-state index in [1.165, 1.54) is 32.1 Å². The molecule has 0 saturated carbocycles. The number of carbonyl (C=O) groups is 2. The van der Waals surface area contributed by atoms with Gasteiger partial charge in [-0.1, -0.05) is 70.6 Å². The number of rotatable bonds is 12. The fourth-order valence-electron chi connectivity index (χ4n) is 2.61. The van der Waals surface area contributed by atoms with Crippen LogP contribution in [-0.2, 0) is 11.2 Å². The van der Waals surface area contributed by atoms with Crippen LogP contribution in [0.4, 0.5) is 0 Å². The predicted molar refractivity (Wildman–Crippen MR) is 92.4 cm³/mol. The number of unbranched alkanes of at least 4 members (excludes halogenated alkanes) is 6. The molecule has 1 rings (SSSR count). The maximum Gasteiger partial charge on any atom is 0.170 e. The van der Waals surface area contributed by atoms with E-state index in [0.29, 0.717) is 12.0 Å². The topological polar surface area (TPSA) is 34.1 Å². The predicted octanol–water partition coefficient (Wildman–Crippen LogP) is 5.53. The Morgan fingerprint density at radius 2 is 1.59 bits per heavy atom. The molecule has 0 aliphatic carbocycles. The maximum atomic E-state index is 12.1. The highest BCUT2D eigenvalue weighted by molar-refractivity contribution is 6.07. The maximum absolute atomic E-state index is 12.1. The number of aryl methyl sites for hydroxylation is 1. The van der Waals surface area contributed by atoms with Gasteiger partial charge >= 0.3 is 0 Å². The van der Waals surface area contributed by atoms with Crippen molar-refractivity contribution >= 4 is 11.6 Å². The van der Waals surface area contributed by atoms with Crippen molar-refractivity contribution in [1.82, 2.24) is 0 Å². The number of carbonyl (C=O) groups excluding carboxylic acids is 2. The van der Waals surface area contributed by atoms with Crippen LogP contribution in [0.1, 0.15) is 87.6 Å². The fraction of sp³-hybridized carbons (Fsp3) is 0.600. The largest absolute Gasteiger partial charge is 0.299 e. The van der Waals surface area contributed by atoms with Gasteiger partial charge in [0.2, 0.25) is 0 Å². The molecule has 0 heterocycles. The van der Waals surface area contributed by atoms with Gasteiger partial charge in [0.1, 0.15) is 5.78 Å². The average molecular weight is 302 g/mol. The number of hydrogen-bond acceptors (Lipinski definition) is 2. The summed E-state index contributed by atoms with van der Waals surface area (Å²) in [7, 11) is 0. The summed E-state index contributed by atoms with van der Waals surface area (Å²) >= 11 is 0. The summed E-state index contributed by atoms with van der Waals surface area (Å²) in [5.74, 6) is 0.0451. The van der Waals surface area contributed by atoms with Gasteiger partial charge in [-0.2, -0.15) is 0 Å². The van der Waals surface area contributed by atoms with Crippen molar-refractivity contribution in [3.63, 3.8) is 0 Å². The summed E-state index contributed by atoms with van der Waals surface area (Å²) in [4.78, 5) is 24.0. The second kappa shape index (κ2) is 11.2. The van der Waals surface area contributed by atoms with Crippen molar-refractivity contribution in [2.45, 2.75) is 78.1 Å². The molecular weight excluding hydrogens is 272 g/mol. The van der Waals surface area contributed by atoms with E-state index in [0.717, 1.165) is 24.8 Å². The van der Waals surface area contributed by atoms with Crippen molar-refractivity contribution in [1.29, 1.82) is 0 Å². The van der Waals surface area contributed by atoms with E-state index in [4.69, 9.17) is 0 Å². The van der Waals surface area contributed by atoms with Crippen LogP contribution in [0.2, 0.25) is 0 Å². The lowest BCUT2D eigenvalue weighted by Crippen LogP contribution is -2.08. The second-order valence-corrected chi connectivity index (χ2v) is 6.06. The lowest BCUT2D eigenvalue weighted by Gasteiger charge is -2.04. The van der Waals surface area contributed by atoms with Gasteiger partial charge in [0, 0.05) is 12.0 Å². The first-order valence-electron chi connectivity index (χ1n) is 8.81. The third kappa shape index (κ3) is 7.53. The van der Waals surface area contributed by atoms with Crippen LogP contribution in [0.3, 0.4) is 0 Å². The third-order valence-electron chi connectivity index (χ3n) is 4.07. The molecule has 0 aliphatic rings. The molecule has 0 aliphatic heterocycles. The molecule has 0 amide bonds. The number of ketones is 2. The summed E-state index contributed by atoms with van der Waals surface area (Å²) in [5.41, 5.74) is 1.82. The lowest BCUT2D eigenvalue weighted by atomic mass is 10.00. The standard InChI is InChI=1S/C20H30O2/c1-3-5-6-7-8-9-10-14-19(21)16-20(22)18-13-11-12-17(4-2)15-18/h11-13,15H,3-10,14,16H2,1-2H3. The zero-order valence-corrected chi connectivity index (χ0v) is 14.2. The molecule has 0 unspecified atom stereocenters. The minimum absolute atomic E-state index is 0.0387. The van der Waals surface area contributed by atoms with Crippen molar-refractivity contribution in [2.75, 3.05) is 0 Å². The molecule has 0 bridgehead atoms. The van der Waals surface area contributed by atoms with Gasteiger partial charge in [0.15, 0.2) is 5.78 Å². The fourth-order valence-corrected chi connectivity index (χ4v) is 2.61. The van der Waals surface area contributed by atoms with Gasteiger partial charge in [-0.3, -0.25) is 9.59 Å². The van der Waals surface area contributed by atoms with Crippen LogP contribution in [0, 0.1) is 0 Å². The van der Waals surface area contributed by atoms with Crippen LogP contribution in [0.25, 0.3) is 0 Å². The van der Waals surface area contributed by atoms with Crippen molar-refractivity contribution < 1.29 is 9.59 Å². The Bertz CT molecular complexity index is 463.